The SMILES string of the molecule is CCCCCc1ccsc1C(CC)(c1ccccc1)c1ccccc1. The molecule has 1 aromatic heterocycles. The lowest BCUT2D eigenvalue weighted by Gasteiger charge is -2.35. The Kier molecular flexibility index (Phi) is 6.09. The second-order valence-corrected chi connectivity index (χ2v) is 7.64. The molecule has 0 aliphatic carbocycles. The van der Waals surface area contributed by atoms with Crippen molar-refractivity contribution in [1.29, 1.82) is 0 Å². The van der Waals surface area contributed by atoms with Gasteiger partial charge in [0.05, 0.1) is 5.41 Å². The Hall–Kier alpha value is -1.86. The van der Waals surface area contributed by atoms with E-state index < -0.39 is 0 Å². The predicted molar refractivity (Wildman–Crippen MR) is 111 cm³/mol. The molecule has 3 rings (SSSR count). The van der Waals surface area contributed by atoms with E-state index in [-0.39, 0.29) is 5.41 Å². The zero-order valence-corrected chi connectivity index (χ0v) is 16.2. The van der Waals surface area contributed by atoms with Crippen LogP contribution in [0.3, 0.4) is 0 Å². The van der Waals surface area contributed by atoms with Gasteiger partial charge in [-0.25, -0.2) is 0 Å². The van der Waals surface area contributed by atoms with E-state index in [1.54, 1.807) is 0 Å². The summed E-state index contributed by atoms with van der Waals surface area (Å²) in [4.78, 5) is 1.53. The van der Waals surface area contributed by atoms with E-state index in [1.165, 1.54) is 47.3 Å². The number of rotatable bonds is 8. The normalized spacial score (nSPS) is 11.6. The Labute approximate surface area is 156 Å². The maximum Gasteiger partial charge on any atom is 0.0545 e. The van der Waals surface area contributed by atoms with Crippen molar-refractivity contribution in [2.75, 3.05) is 0 Å². The summed E-state index contributed by atoms with van der Waals surface area (Å²) in [6.07, 6.45) is 6.13. The third-order valence-corrected chi connectivity index (χ3v) is 6.37. The Balaban J connectivity index is 2.14. The van der Waals surface area contributed by atoms with Gasteiger partial charge in [0, 0.05) is 4.88 Å². The van der Waals surface area contributed by atoms with Crippen LogP contribution in [0.4, 0.5) is 0 Å². The van der Waals surface area contributed by atoms with E-state index in [1.807, 2.05) is 11.3 Å². The molecule has 0 spiro atoms. The van der Waals surface area contributed by atoms with Gasteiger partial charge < -0.3 is 0 Å². The van der Waals surface area contributed by atoms with Crippen LogP contribution in [0.5, 0.6) is 0 Å². The molecule has 1 heterocycles. The van der Waals surface area contributed by atoms with Crippen LogP contribution in [-0.4, -0.2) is 0 Å². The van der Waals surface area contributed by atoms with Crippen LogP contribution < -0.4 is 0 Å². The zero-order valence-electron chi connectivity index (χ0n) is 15.4. The van der Waals surface area contributed by atoms with Crippen molar-refractivity contribution in [3.8, 4) is 0 Å². The van der Waals surface area contributed by atoms with Crippen LogP contribution in [0.2, 0.25) is 0 Å². The maximum absolute atomic E-state index is 2.35. The molecule has 0 radical (unpaired) electrons. The maximum atomic E-state index is 2.35. The second kappa shape index (κ2) is 8.49. The highest BCUT2D eigenvalue weighted by Gasteiger charge is 2.37. The quantitative estimate of drug-likeness (QED) is 0.377. The van der Waals surface area contributed by atoms with E-state index >= 15 is 0 Å². The number of aryl methyl sites for hydroxylation is 1. The third kappa shape index (κ3) is 3.57. The Morgan fingerprint density at radius 3 is 1.88 bits per heavy atom. The number of hydrogen-bond donors (Lipinski definition) is 0. The summed E-state index contributed by atoms with van der Waals surface area (Å²) in [5.74, 6) is 0. The van der Waals surface area contributed by atoms with Crippen LogP contribution in [-0.2, 0) is 11.8 Å². The first-order valence-electron chi connectivity index (χ1n) is 9.50. The van der Waals surface area contributed by atoms with E-state index in [2.05, 4.69) is 86.0 Å². The van der Waals surface area contributed by atoms with Crippen LogP contribution in [0, 0.1) is 0 Å². The fourth-order valence-corrected chi connectivity index (χ4v) is 5.19. The van der Waals surface area contributed by atoms with Crippen molar-refractivity contribution < 1.29 is 0 Å². The second-order valence-electron chi connectivity index (χ2n) is 6.72. The van der Waals surface area contributed by atoms with Gasteiger partial charge in [0.15, 0.2) is 0 Å². The van der Waals surface area contributed by atoms with E-state index in [4.69, 9.17) is 0 Å². The highest BCUT2D eigenvalue weighted by atomic mass is 32.1. The first kappa shape index (κ1) is 17.9. The average molecular weight is 349 g/mol. The van der Waals surface area contributed by atoms with Crippen LogP contribution in [0.15, 0.2) is 72.1 Å². The molecule has 0 saturated carbocycles. The summed E-state index contributed by atoms with van der Waals surface area (Å²) in [6, 6.07) is 24.5. The van der Waals surface area contributed by atoms with Gasteiger partial charge in [-0.2, -0.15) is 0 Å². The van der Waals surface area contributed by atoms with Crippen molar-refractivity contribution >= 4 is 11.3 Å². The predicted octanol–water partition coefficient (Wildman–Crippen LogP) is 7.23. The number of benzene rings is 2. The monoisotopic (exact) mass is 348 g/mol. The molecule has 0 N–H and O–H groups in total. The zero-order chi connectivity index (χ0) is 17.5. The van der Waals surface area contributed by atoms with Crippen LogP contribution >= 0.6 is 11.3 Å². The highest BCUT2D eigenvalue weighted by Crippen LogP contribution is 2.46. The van der Waals surface area contributed by atoms with Gasteiger partial charge in [-0.1, -0.05) is 87.4 Å². The summed E-state index contributed by atoms with van der Waals surface area (Å²) < 4.78 is 0. The Morgan fingerprint density at radius 2 is 1.36 bits per heavy atom. The first-order valence-corrected chi connectivity index (χ1v) is 10.4. The molecule has 3 aromatic rings. The average Bonchev–Trinajstić information content (AvgIpc) is 3.14. The minimum atomic E-state index is -0.0434. The van der Waals surface area contributed by atoms with Gasteiger partial charge in [-0.15, -0.1) is 11.3 Å². The molecule has 0 saturated heterocycles. The van der Waals surface area contributed by atoms with Gasteiger partial charge in [0.2, 0.25) is 0 Å². The highest BCUT2D eigenvalue weighted by molar-refractivity contribution is 7.10. The lowest BCUT2D eigenvalue weighted by atomic mass is 9.70. The summed E-state index contributed by atoms with van der Waals surface area (Å²) >= 11 is 1.93. The molecule has 0 atom stereocenters. The van der Waals surface area contributed by atoms with Crippen LogP contribution in [0.1, 0.15) is 61.1 Å². The molecule has 0 amide bonds. The summed E-state index contributed by atoms with van der Waals surface area (Å²) in [7, 11) is 0. The molecular formula is C24H28S. The van der Waals surface area contributed by atoms with E-state index in [0.29, 0.717) is 0 Å². The topological polar surface area (TPSA) is 0 Å². The fraction of sp³-hybridized carbons (Fsp3) is 0.333. The largest absolute Gasteiger partial charge is 0.147 e. The third-order valence-electron chi connectivity index (χ3n) is 5.25. The minimum Gasteiger partial charge on any atom is -0.147 e. The minimum absolute atomic E-state index is 0.0434. The van der Waals surface area contributed by atoms with Crippen molar-refractivity contribution in [3.05, 3.63) is 93.7 Å². The lowest BCUT2D eigenvalue weighted by Crippen LogP contribution is -2.28. The summed E-state index contributed by atoms with van der Waals surface area (Å²) in [5, 5.41) is 2.28. The van der Waals surface area contributed by atoms with Crippen molar-refractivity contribution in [1.82, 2.24) is 0 Å². The first-order chi connectivity index (χ1) is 12.3. The molecule has 1 heteroatoms. The number of unbranched alkanes of at least 4 members (excludes halogenated alkanes) is 2. The number of hydrogen-bond acceptors (Lipinski definition) is 1. The van der Waals surface area contributed by atoms with Crippen molar-refractivity contribution in [2.24, 2.45) is 0 Å². The van der Waals surface area contributed by atoms with Gasteiger partial charge in [-0.05, 0) is 47.4 Å². The molecule has 0 unspecified atom stereocenters. The van der Waals surface area contributed by atoms with Gasteiger partial charge in [-0.3, -0.25) is 0 Å². The molecule has 0 fully saturated rings. The fourth-order valence-electron chi connectivity index (χ4n) is 3.92. The van der Waals surface area contributed by atoms with Gasteiger partial charge >= 0.3 is 0 Å². The van der Waals surface area contributed by atoms with E-state index in [0.717, 1.165) is 6.42 Å². The molecule has 0 aliphatic heterocycles. The van der Waals surface area contributed by atoms with Crippen molar-refractivity contribution in [3.63, 3.8) is 0 Å². The van der Waals surface area contributed by atoms with Crippen molar-refractivity contribution in [2.45, 2.75) is 51.4 Å². The Morgan fingerprint density at radius 1 is 0.760 bits per heavy atom. The molecule has 0 nitrogen and oxygen atoms in total. The van der Waals surface area contributed by atoms with Gasteiger partial charge in [0.1, 0.15) is 0 Å². The van der Waals surface area contributed by atoms with Gasteiger partial charge in [0.25, 0.3) is 0 Å². The lowest BCUT2D eigenvalue weighted by molar-refractivity contribution is 0.595. The summed E-state index contributed by atoms with van der Waals surface area (Å²) in [6.45, 7) is 4.61. The molecular weight excluding hydrogens is 320 g/mol. The summed E-state index contributed by atoms with van der Waals surface area (Å²) in [5.41, 5.74) is 4.30. The number of thiophene rings is 1. The van der Waals surface area contributed by atoms with Crippen LogP contribution in [0.25, 0.3) is 0 Å². The molecule has 2 aromatic carbocycles. The standard InChI is InChI=1S/C24H28S/c1-3-5-8-13-20-18-19-25-23(20)24(4-2,21-14-9-6-10-15-21)22-16-11-7-12-17-22/h6-7,9-12,14-19H,3-5,8,13H2,1-2H3. The molecule has 0 bridgehead atoms. The van der Waals surface area contributed by atoms with E-state index in [9.17, 15) is 0 Å². The molecule has 0 aliphatic rings. The molecule has 130 valence electrons. The smallest absolute Gasteiger partial charge is 0.0545 e. The molecule has 25 heavy (non-hydrogen) atoms. The Bertz CT molecular complexity index is 716.